The average molecular weight is 290 g/mol. The normalized spacial score (nSPS) is 27.9. The highest BCUT2D eigenvalue weighted by Gasteiger charge is 2.32. The van der Waals surface area contributed by atoms with E-state index in [0.29, 0.717) is 5.92 Å². The molecule has 0 saturated heterocycles. The quantitative estimate of drug-likeness (QED) is 0.718. The number of hydrogen-bond donors (Lipinski definition) is 2. The van der Waals surface area contributed by atoms with Gasteiger partial charge in [0.15, 0.2) is 0 Å². The minimum absolute atomic E-state index is 0.0122. The summed E-state index contributed by atoms with van der Waals surface area (Å²) in [7, 11) is -3.02. The Hall–Kier alpha value is -1.31. The van der Waals surface area contributed by atoms with E-state index in [4.69, 9.17) is 0 Å². The lowest BCUT2D eigenvalue weighted by atomic mass is 9.95. The highest BCUT2D eigenvalue weighted by Crippen LogP contribution is 2.55. The fraction of sp³-hybridized carbons (Fsp3) is 0.312. The summed E-state index contributed by atoms with van der Waals surface area (Å²) >= 11 is 0. The molecule has 20 heavy (non-hydrogen) atoms. The third-order valence-electron chi connectivity index (χ3n) is 3.86. The largest absolute Gasteiger partial charge is 0.329 e. The van der Waals surface area contributed by atoms with E-state index in [0.717, 1.165) is 16.5 Å². The van der Waals surface area contributed by atoms with Crippen LogP contribution in [0.25, 0.3) is 0 Å². The highest BCUT2D eigenvalue weighted by atomic mass is 31.2. The van der Waals surface area contributed by atoms with E-state index in [9.17, 15) is 0 Å². The molecule has 2 N–H and O–H groups in total. The van der Waals surface area contributed by atoms with Gasteiger partial charge in [-0.3, -0.25) is 0 Å². The van der Waals surface area contributed by atoms with E-state index >= 15 is 4.20 Å². The zero-order valence-corrected chi connectivity index (χ0v) is 12.9. The van der Waals surface area contributed by atoms with E-state index in [-0.39, 0.29) is 6.04 Å². The van der Waals surface area contributed by atoms with Crippen LogP contribution < -0.4 is 10.2 Å². The molecule has 1 aliphatic heterocycles. The van der Waals surface area contributed by atoms with Gasteiger partial charge in [0.05, 0.1) is 0 Å². The molecule has 2 aliphatic rings. The minimum Gasteiger partial charge on any atom is -0.329 e. The van der Waals surface area contributed by atoms with Crippen molar-refractivity contribution in [2.24, 2.45) is 0 Å². The Labute approximate surface area is 120 Å². The molecule has 0 aromatic heterocycles. The summed E-state index contributed by atoms with van der Waals surface area (Å²) in [6.07, 6.45) is 7.47. The second-order valence-corrected chi connectivity index (χ2v) is 7.84. The maximum Gasteiger partial charge on any atom is 0.209 e. The van der Waals surface area contributed by atoms with Crippen molar-refractivity contribution in [3.05, 3.63) is 53.6 Å². The van der Waals surface area contributed by atoms with Gasteiger partial charge < -0.3 is 5.09 Å². The second-order valence-electron chi connectivity index (χ2n) is 5.66. The molecule has 2 nitrogen and oxygen atoms in total. The summed E-state index contributed by atoms with van der Waals surface area (Å²) in [4.78, 5) is 0. The third kappa shape index (κ3) is 2.15. The van der Waals surface area contributed by atoms with Gasteiger partial charge in [0.1, 0.15) is 0 Å². The second kappa shape index (κ2) is 4.91. The van der Waals surface area contributed by atoms with Gasteiger partial charge in [-0.05, 0) is 36.1 Å². The number of rotatable bonds is 1. The first-order chi connectivity index (χ1) is 9.51. The van der Waals surface area contributed by atoms with Crippen molar-refractivity contribution in [1.29, 1.82) is 0 Å². The molecule has 0 spiro atoms. The van der Waals surface area contributed by atoms with Gasteiger partial charge in [-0.1, -0.05) is 44.2 Å². The molecule has 3 rings (SSSR count). The standard InChI is InChI=1S/C16H20FN2P/c1-11(2)14-9-6-10-15-12(3)18-20(17,19-16(14)15)13-7-4-5-8-13/h4-12,18-19H,1-3H3/t12?,20-/m0/s1. The zero-order valence-electron chi connectivity index (χ0n) is 12.0. The van der Waals surface area contributed by atoms with E-state index in [2.05, 4.69) is 42.2 Å². The summed E-state index contributed by atoms with van der Waals surface area (Å²) in [5.41, 5.74) is 3.31. The molecule has 1 heterocycles. The molecule has 1 aliphatic carbocycles. The summed E-state index contributed by atoms with van der Waals surface area (Å²) in [5.74, 6) is 0.371. The van der Waals surface area contributed by atoms with Crippen LogP contribution in [-0.2, 0) is 0 Å². The van der Waals surface area contributed by atoms with Gasteiger partial charge in [-0.2, -0.15) is 4.20 Å². The molecular formula is C16H20FN2P. The van der Waals surface area contributed by atoms with Crippen LogP contribution in [0.5, 0.6) is 0 Å². The number of anilines is 1. The van der Waals surface area contributed by atoms with Crippen molar-refractivity contribution in [3.63, 3.8) is 0 Å². The molecular weight excluding hydrogens is 270 g/mol. The summed E-state index contributed by atoms with van der Waals surface area (Å²) in [5, 5.41) is 7.07. The Kier molecular flexibility index (Phi) is 3.35. The van der Waals surface area contributed by atoms with Crippen LogP contribution in [0.4, 0.5) is 9.88 Å². The van der Waals surface area contributed by atoms with Gasteiger partial charge in [0.2, 0.25) is 7.50 Å². The van der Waals surface area contributed by atoms with Crippen molar-refractivity contribution >= 4 is 18.5 Å². The van der Waals surface area contributed by atoms with Gasteiger partial charge in [-0.15, -0.1) is 0 Å². The van der Waals surface area contributed by atoms with E-state index in [1.54, 1.807) is 0 Å². The van der Waals surface area contributed by atoms with Gasteiger partial charge >= 0.3 is 0 Å². The molecule has 0 radical (unpaired) electrons. The lowest BCUT2D eigenvalue weighted by molar-refractivity contribution is 0.692. The molecule has 2 atom stereocenters. The number of hydrogen-bond acceptors (Lipinski definition) is 2. The number of halogens is 1. The smallest absolute Gasteiger partial charge is 0.209 e. The van der Waals surface area contributed by atoms with Gasteiger partial charge in [0.25, 0.3) is 0 Å². The van der Waals surface area contributed by atoms with Crippen LogP contribution in [0, 0.1) is 0 Å². The summed E-state index contributed by atoms with van der Waals surface area (Å²) < 4.78 is 15.4. The van der Waals surface area contributed by atoms with Crippen LogP contribution >= 0.6 is 7.50 Å². The van der Waals surface area contributed by atoms with E-state index < -0.39 is 7.50 Å². The van der Waals surface area contributed by atoms with Crippen molar-refractivity contribution in [1.82, 2.24) is 5.09 Å². The first-order valence-corrected chi connectivity index (χ1v) is 8.69. The fourth-order valence-corrected chi connectivity index (χ4v) is 4.96. The maximum absolute atomic E-state index is 15.4. The number of nitrogens with one attached hydrogen (secondary N) is 2. The molecule has 0 amide bonds. The van der Waals surface area contributed by atoms with Crippen LogP contribution in [0.2, 0.25) is 0 Å². The average Bonchev–Trinajstić information content (AvgIpc) is 2.92. The van der Waals surface area contributed by atoms with Crippen molar-refractivity contribution in [3.8, 4) is 0 Å². The Morgan fingerprint density at radius 3 is 2.55 bits per heavy atom. The molecule has 0 saturated carbocycles. The van der Waals surface area contributed by atoms with Gasteiger partial charge in [-0.25, -0.2) is 5.09 Å². The van der Waals surface area contributed by atoms with Crippen LogP contribution in [0.1, 0.15) is 43.9 Å². The first-order valence-electron chi connectivity index (χ1n) is 7.01. The molecule has 4 heteroatoms. The number of allylic oxidation sites excluding steroid dienone is 4. The highest BCUT2D eigenvalue weighted by molar-refractivity contribution is 7.71. The molecule has 106 valence electrons. The molecule has 1 aromatic carbocycles. The third-order valence-corrected chi connectivity index (χ3v) is 6.14. The Balaban J connectivity index is 2.17. The SMILES string of the molecule is CC(C)c1cccc2c1N[P@](F)(=C1C=CC=C1)NC2C. The van der Waals surface area contributed by atoms with Crippen LogP contribution in [0.15, 0.2) is 42.5 Å². The van der Waals surface area contributed by atoms with Crippen molar-refractivity contribution in [2.45, 2.75) is 32.7 Å². The maximum atomic E-state index is 15.4. The molecule has 1 unspecified atom stereocenters. The monoisotopic (exact) mass is 290 g/mol. The van der Waals surface area contributed by atoms with Gasteiger partial charge in [0, 0.05) is 17.0 Å². The zero-order chi connectivity index (χ0) is 14.3. The van der Waals surface area contributed by atoms with E-state index in [1.165, 1.54) is 5.56 Å². The molecule has 1 aromatic rings. The first kappa shape index (κ1) is 13.7. The predicted octanol–water partition coefficient (Wildman–Crippen LogP) is 4.92. The molecule has 0 fully saturated rings. The van der Waals surface area contributed by atoms with E-state index in [1.807, 2.05) is 31.2 Å². The summed E-state index contributed by atoms with van der Waals surface area (Å²) in [6, 6.07) is 6.22. The minimum atomic E-state index is -3.02. The number of fused-ring (bicyclic) bond motifs is 1. The Morgan fingerprint density at radius 2 is 1.90 bits per heavy atom. The predicted molar refractivity (Wildman–Crippen MR) is 87.0 cm³/mol. The number of benzene rings is 1. The van der Waals surface area contributed by atoms with Crippen molar-refractivity contribution in [2.75, 3.05) is 5.09 Å². The summed E-state index contributed by atoms with van der Waals surface area (Å²) in [6.45, 7) is 6.32. The lowest BCUT2D eigenvalue weighted by Crippen LogP contribution is -2.27. The Morgan fingerprint density at radius 1 is 1.20 bits per heavy atom. The Bertz CT molecular complexity index is 630. The lowest BCUT2D eigenvalue weighted by Gasteiger charge is -2.35. The van der Waals surface area contributed by atoms with Crippen molar-refractivity contribution < 1.29 is 4.20 Å². The number of para-hydroxylation sites is 1. The topological polar surface area (TPSA) is 24.1 Å². The van der Waals surface area contributed by atoms with Crippen LogP contribution in [-0.4, -0.2) is 5.29 Å². The fourth-order valence-electron chi connectivity index (χ4n) is 2.79. The van der Waals surface area contributed by atoms with Crippen LogP contribution in [0.3, 0.4) is 0 Å². The molecule has 0 bridgehead atoms.